The van der Waals surface area contributed by atoms with Crippen molar-refractivity contribution in [3.8, 4) is 5.75 Å². The molecule has 32 heavy (non-hydrogen) atoms. The molecule has 9 heteroatoms. The monoisotopic (exact) mass is 500 g/mol. The number of anilines is 1. The van der Waals surface area contributed by atoms with Gasteiger partial charge in [-0.2, -0.15) is 0 Å². The van der Waals surface area contributed by atoms with E-state index in [1.165, 1.54) is 12.1 Å². The summed E-state index contributed by atoms with van der Waals surface area (Å²) >= 11 is 3.33. The van der Waals surface area contributed by atoms with E-state index < -0.39 is 11.9 Å². The molecule has 0 spiro atoms. The van der Waals surface area contributed by atoms with E-state index in [-0.39, 0.29) is 10.4 Å². The second kappa shape index (κ2) is 9.95. The summed E-state index contributed by atoms with van der Waals surface area (Å²) in [5, 5.41) is 11.7. The quantitative estimate of drug-likeness (QED) is 0.463. The molecule has 0 fully saturated rings. The molecule has 6 N–H and O–H groups in total. The Labute approximate surface area is 195 Å². The van der Waals surface area contributed by atoms with Crippen molar-refractivity contribution in [3.63, 3.8) is 0 Å². The lowest BCUT2D eigenvalue weighted by molar-refractivity contribution is 0.226. The van der Waals surface area contributed by atoms with Gasteiger partial charge in [0.1, 0.15) is 16.5 Å². The summed E-state index contributed by atoms with van der Waals surface area (Å²) < 4.78 is 20.5. The number of nitrogens with one attached hydrogen (secondary N) is 2. The van der Waals surface area contributed by atoms with Crippen molar-refractivity contribution >= 4 is 44.0 Å². The Bertz CT molecular complexity index is 1140. The van der Waals surface area contributed by atoms with Crippen LogP contribution in [0.4, 0.5) is 10.2 Å². The van der Waals surface area contributed by atoms with Crippen molar-refractivity contribution in [2.45, 2.75) is 26.4 Å². The van der Waals surface area contributed by atoms with Gasteiger partial charge in [0.15, 0.2) is 11.6 Å². The summed E-state index contributed by atoms with van der Waals surface area (Å²) in [4.78, 5) is 8.45. The fraction of sp³-hybridized carbons (Fsp3) is 0.261. The van der Waals surface area contributed by atoms with Gasteiger partial charge in [-0.05, 0) is 59.6 Å². The zero-order chi connectivity index (χ0) is 23.4. The Morgan fingerprint density at radius 1 is 1.41 bits per heavy atom. The van der Waals surface area contributed by atoms with Crippen molar-refractivity contribution in [2.75, 3.05) is 19.3 Å². The topological polar surface area (TPSA) is 122 Å². The van der Waals surface area contributed by atoms with Crippen LogP contribution in [0.1, 0.15) is 43.1 Å². The number of hydrogen-bond acceptors (Lipinski definition) is 7. The molecule has 168 valence electrons. The average Bonchev–Trinajstić information content (AvgIpc) is 2.75. The summed E-state index contributed by atoms with van der Waals surface area (Å²) in [5.41, 5.74) is 17.0. The van der Waals surface area contributed by atoms with E-state index in [1.807, 2.05) is 6.92 Å². The van der Waals surface area contributed by atoms with Gasteiger partial charge in [-0.15, -0.1) is 0 Å². The smallest absolute Gasteiger partial charge is 0.166 e. The van der Waals surface area contributed by atoms with Gasteiger partial charge in [-0.1, -0.05) is 0 Å². The number of ether oxygens (including phenoxy) is 1. The molecule has 1 unspecified atom stereocenters. The molecule has 0 saturated heterocycles. The average molecular weight is 501 g/mol. The van der Waals surface area contributed by atoms with Gasteiger partial charge in [0.25, 0.3) is 0 Å². The number of halogens is 2. The lowest BCUT2D eigenvalue weighted by Crippen LogP contribution is -2.19. The minimum absolute atomic E-state index is 0.187. The van der Waals surface area contributed by atoms with E-state index >= 15 is 0 Å². The maximum atomic E-state index is 14.2. The predicted octanol–water partition coefficient (Wildman–Crippen LogP) is 4.41. The van der Waals surface area contributed by atoms with E-state index in [2.05, 4.69) is 31.2 Å². The van der Waals surface area contributed by atoms with Crippen LogP contribution in [0.15, 0.2) is 46.6 Å². The highest BCUT2D eigenvalue weighted by molar-refractivity contribution is 9.18. The first-order chi connectivity index (χ1) is 15.3. The van der Waals surface area contributed by atoms with Gasteiger partial charge < -0.3 is 21.5 Å². The first-order valence-corrected chi connectivity index (χ1v) is 10.9. The third-order valence-corrected chi connectivity index (χ3v) is 5.61. The molecule has 0 aliphatic carbocycles. The molecule has 2 aromatic rings. The van der Waals surface area contributed by atoms with Gasteiger partial charge in [-0.25, -0.2) is 9.37 Å². The van der Waals surface area contributed by atoms with E-state index in [1.54, 1.807) is 38.5 Å². The van der Waals surface area contributed by atoms with Gasteiger partial charge in [0, 0.05) is 66.1 Å². The summed E-state index contributed by atoms with van der Waals surface area (Å²) in [5.74, 6) is 0.172. The summed E-state index contributed by atoms with van der Waals surface area (Å²) in [6.07, 6.45) is 3.03. The zero-order valence-electron chi connectivity index (χ0n) is 18.2. The first kappa shape index (κ1) is 23.5. The maximum absolute atomic E-state index is 14.2. The molecule has 1 aliphatic heterocycles. The van der Waals surface area contributed by atoms with Gasteiger partial charge >= 0.3 is 0 Å². The minimum Gasteiger partial charge on any atom is -0.482 e. The summed E-state index contributed by atoms with van der Waals surface area (Å²) in [6, 6.07) is 6.16. The molecule has 1 aromatic heterocycles. The Balaban J connectivity index is 2.40. The number of nitrogens with zero attached hydrogens (tertiary/aromatic N) is 2. The Hall–Kier alpha value is -3.20. The summed E-state index contributed by atoms with van der Waals surface area (Å²) in [6.45, 7) is 4.39. The SMILES string of the molecule is CCN/C1=C(\C(=N)Br)CC(C=NC)=C(N)c2ccc(F)cc2C(C)Oc2cc1cnc2N. The Kier molecular flexibility index (Phi) is 7.29. The zero-order valence-corrected chi connectivity index (χ0v) is 19.8. The number of hydrogen-bond donors (Lipinski definition) is 4. The number of pyridine rings is 1. The second-order valence-electron chi connectivity index (χ2n) is 7.30. The van der Waals surface area contributed by atoms with Crippen molar-refractivity contribution in [3.05, 3.63) is 64.1 Å². The Morgan fingerprint density at radius 2 is 2.16 bits per heavy atom. The molecule has 3 rings (SSSR count). The normalized spacial score (nSPS) is 19.1. The molecule has 0 radical (unpaired) electrons. The molecular formula is C23H26BrFN6O. The number of fused-ring (bicyclic) bond motifs is 3. The lowest BCUT2D eigenvalue weighted by Gasteiger charge is -2.23. The predicted molar refractivity (Wildman–Crippen MR) is 131 cm³/mol. The first-order valence-electron chi connectivity index (χ1n) is 10.1. The van der Waals surface area contributed by atoms with Crippen LogP contribution < -0.4 is 21.5 Å². The van der Waals surface area contributed by atoms with Crippen molar-refractivity contribution in [2.24, 2.45) is 10.7 Å². The molecular weight excluding hydrogens is 475 g/mol. The molecule has 1 aliphatic rings. The fourth-order valence-electron chi connectivity index (χ4n) is 3.62. The number of nitrogen functional groups attached to an aromatic ring is 1. The van der Waals surface area contributed by atoms with Crippen LogP contribution in [-0.2, 0) is 0 Å². The molecule has 2 heterocycles. The number of nitrogens with two attached hydrogens (primary N) is 2. The standard InChI is InChI=1S/C23H26BrFN6O/c1-4-30-21-14-8-19(23(28)31-11-14)32-12(2)17-9-15(25)5-6-16(17)20(26)13(10-29-3)7-18(21)22(24)27/h5-6,8-12,27,30H,4,7,26H2,1-3H3,(H2,28,31)/b20-13?,21-18-,27-22?,29-10?. The maximum Gasteiger partial charge on any atom is 0.166 e. The number of aromatic nitrogens is 1. The molecule has 0 amide bonds. The van der Waals surface area contributed by atoms with Gasteiger partial charge in [-0.3, -0.25) is 10.4 Å². The highest BCUT2D eigenvalue weighted by Gasteiger charge is 2.22. The molecule has 0 saturated carbocycles. The molecule has 2 bridgehead atoms. The van der Waals surface area contributed by atoms with Crippen LogP contribution in [0, 0.1) is 11.2 Å². The Morgan fingerprint density at radius 3 is 2.81 bits per heavy atom. The van der Waals surface area contributed by atoms with Crippen molar-refractivity contribution in [1.82, 2.24) is 10.3 Å². The fourth-order valence-corrected chi connectivity index (χ4v) is 3.96. The largest absolute Gasteiger partial charge is 0.482 e. The van der Waals surface area contributed by atoms with E-state index in [9.17, 15) is 4.39 Å². The van der Waals surface area contributed by atoms with E-state index in [4.69, 9.17) is 21.6 Å². The van der Waals surface area contributed by atoms with Crippen LogP contribution in [0.3, 0.4) is 0 Å². The highest BCUT2D eigenvalue weighted by Crippen LogP contribution is 2.35. The summed E-state index contributed by atoms with van der Waals surface area (Å²) in [7, 11) is 1.65. The van der Waals surface area contributed by atoms with E-state index in [0.717, 1.165) is 0 Å². The van der Waals surface area contributed by atoms with Crippen molar-refractivity contribution in [1.29, 1.82) is 5.41 Å². The second-order valence-corrected chi connectivity index (χ2v) is 8.09. The van der Waals surface area contributed by atoms with Gasteiger partial charge in [0.05, 0.1) is 0 Å². The lowest BCUT2D eigenvalue weighted by atomic mass is 9.93. The van der Waals surface area contributed by atoms with Crippen LogP contribution in [0.2, 0.25) is 0 Å². The van der Waals surface area contributed by atoms with Crippen LogP contribution >= 0.6 is 15.9 Å². The van der Waals surface area contributed by atoms with Crippen LogP contribution in [0.25, 0.3) is 11.4 Å². The number of rotatable bonds is 4. The van der Waals surface area contributed by atoms with Gasteiger partial charge in [0.2, 0.25) is 0 Å². The molecule has 7 nitrogen and oxygen atoms in total. The van der Waals surface area contributed by atoms with Crippen LogP contribution in [0.5, 0.6) is 5.75 Å². The van der Waals surface area contributed by atoms with Crippen molar-refractivity contribution < 1.29 is 9.13 Å². The molecule has 1 atom stereocenters. The minimum atomic E-state index is -0.557. The molecule has 1 aromatic carbocycles. The third-order valence-electron chi connectivity index (χ3n) is 5.13. The number of aliphatic imine (C=N–C) groups is 1. The van der Waals surface area contributed by atoms with E-state index in [0.29, 0.717) is 57.9 Å². The highest BCUT2D eigenvalue weighted by atomic mass is 79.9. The third kappa shape index (κ3) is 4.83. The van der Waals surface area contributed by atoms with Crippen LogP contribution in [-0.4, -0.2) is 29.4 Å². The number of benzene rings is 1. The number of allylic oxidation sites excluding steroid dienone is 2.